The predicted molar refractivity (Wildman–Crippen MR) is 84.8 cm³/mol. The van der Waals surface area contributed by atoms with Gasteiger partial charge < -0.3 is 5.32 Å². The lowest BCUT2D eigenvalue weighted by Crippen LogP contribution is -2.44. The summed E-state index contributed by atoms with van der Waals surface area (Å²) < 4.78 is 0. The van der Waals surface area contributed by atoms with Gasteiger partial charge in [0.2, 0.25) is 0 Å². The highest BCUT2D eigenvalue weighted by Gasteiger charge is 2.23. The number of nitrogens with zero attached hydrogens (tertiary/aromatic N) is 1. The number of nitrogens with one attached hydrogen (secondary N) is 1. The summed E-state index contributed by atoms with van der Waals surface area (Å²) in [5, 5.41) is 4.27. The van der Waals surface area contributed by atoms with Crippen LogP contribution in [0.3, 0.4) is 0 Å². The molecule has 0 saturated carbocycles. The Morgan fingerprint density at radius 2 is 1.95 bits per heavy atom. The Kier molecular flexibility index (Phi) is 6.84. The number of hydrogen-bond acceptors (Lipinski definition) is 2. The molecule has 2 nitrogen and oxygen atoms in total. The molecule has 2 unspecified atom stereocenters. The average Bonchev–Trinajstić information content (AvgIpc) is 2.37. The van der Waals surface area contributed by atoms with E-state index in [1.165, 1.54) is 5.56 Å². The van der Waals surface area contributed by atoms with Gasteiger partial charge in [-0.1, -0.05) is 44.5 Å². The lowest BCUT2D eigenvalue weighted by Gasteiger charge is -2.36. The first-order valence-electron chi connectivity index (χ1n) is 7.15. The minimum Gasteiger partial charge on any atom is -0.315 e. The highest BCUT2D eigenvalue weighted by atomic mass is 35.5. The molecule has 0 spiro atoms. The van der Waals surface area contributed by atoms with Gasteiger partial charge in [-0.05, 0) is 44.1 Å². The third kappa shape index (κ3) is 4.79. The maximum atomic E-state index is 6.09. The van der Waals surface area contributed by atoms with Crippen LogP contribution in [-0.4, -0.2) is 31.1 Å². The molecule has 108 valence electrons. The second kappa shape index (κ2) is 7.88. The fourth-order valence-corrected chi connectivity index (χ4v) is 2.63. The van der Waals surface area contributed by atoms with Crippen LogP contribution in [-0.2, 0) is 0 Å². The van der Waals surface area contributed by atoms with Crippen molar-refractivity contribution in [3.05, 3.63) is 34.9 Å². The third-order valence-corrected chi connectivity index (χ3v) is 4.07. The monoisotopic (exact) mass is 282 g/mol. The predicted octanol–water partition coefficient (Wildman–Crippen LogP) is 3.97. The Morgan fingerprint density at radius 1 is 1.26 bits per heavy atom. The van der Waals surface area contributed by atoms with E-state index in [1.54, 1.807) is 0 Å². The average molecular weight is 283 g/mol. The molecule has 1 aromatic rings. The smallest absolute Gasteiger partial charge is 0.0409 e. The zero-order chi connectivity index (χ0) is 14.4. The van der Waals surface area contributed by atoms with Crippen molar-refractivity contribution in [1.29, 1.82) is 0 Å². The summed E-state index contributed by atoms with van der Waals surface area (Å²) >= 11 is 6.09. The third-order valence-electron chi connectivity index (χ3n) is 3.84. The highest BCUT2D eigenvalue weighted by Crippen LogP contribution is 2.25. The van der Waals surface area contributed by atoms with Gasteiger partial charge in [0.25, 0.3) is 0 Å². The topological polar surface area (TPSA) is 15.3 Å². The Labute approximate surface area is 123 Å². The molecule has 0 aliphatic heterocycles. The standard InChI is InChI=1S/C16H27ClN2/c1-6-18-11-16(12(2)3)19(5)13(4)14-8-7-9-15(17)10-14/h7-10,12-13,16,18H,6,11H2,1-5H3. The molecule has 0 saturated heterocycles. The normalized spacial score (nSPS) is 14.9. The molecule has 0 bridgehead atoms. The Hall–Kier alpha value is -0.570. The van der Waals surface area contributed by atoms with Gasteiger partial charge in [0.1, 0.15) is 0 Å². The lowest BCUT2D eigenvalue weighted by molar-refractivity contribution is 0.142. The van der Waals surface area contributed by atoms with Gasteiger partial charge in [-0.25, -0.2) is 0 Å². The van der Waals surface area contributed by atoms with Crippen LogP contribution in [0.25, 0.3) is 0 Å². The summed E-state index contributed by atoms with van der Waals surface area (Å²) in [7, 11) is 2.20. The van der Waals surface area contributed by atoms with Crippen LogP contribution >= 0.6 is 11.6 Å². The molecule has 0 aliphatic carbocycles. The van der Waals surface area contributed by atoms with E-state index in [4.69, 9.17) is 11.6 Å². The first-order chi connectivity index (χ1) is 8.97. The second-order valence-electron chi connectivity index (χ2n) is 5.52. The molecule has 19 heavy (non-hydrogen) atoms. The molecule has 0 aliphatic rings. The molecule has 0 heterocycles. The van der Waals surface area contributed by atoms with E-state index < -0.39 is 0 Å². The second-order valence-corrected chi connectivity index (χ2v) is 5.95. The molecule has 0 fully saturated rings. The first kappa shape index (κ1) is 16.5. The number of halogens is 1. The SMILES string of the molecule is CCNCC(C(C)C)N(C)C(C)c1cccc(Cl)c1. The van der Waals surface area contributed by atoms with Crippen LogP contribution < -0.4 is 5.32 Å². The highest BCUT2D eigenvalue weighted by molar-refractivity contribution is 6.30. The van der Waals surface area contributed by atoms with Crippen molar-refractivity contribution in [2.45, 2.75) is 39.8 Å². The largest absolute Gasteiger partial charge is 0.315 e. The van der Waals surface area contributed by atoms with Crippen molar-refractivity contribution in [3.63, 3.8) is 0 Å². The molecule has 0 amide bonds. The summed E-state index contributed by atoms with van der Waals surface area (Å²) in [5.41, 5.74) is 1.28. The number of benzene rings is 1. The number of rotatable bonds is 7. The van der Waals surface area contributed by atoms with Crippen molar-refractivity contribution >= 4 is 11.6 Å². The Balaban J connectivity index is 2.80. The minimum atomic E-state index is 0.366. The molecule has 1 aromatic carbocycles. The van der Waals surface area contributed by atoms with Gasteiger partial charge in [0.15, 0.2) is 0 Å². The van der Waals surface area contributed by atoms with E-state index in [-0.39, 0.29) is 0 Å². The zero-order valence-corrected chi connectivity index (χ0v) is 13.5. The van der Waals surface area contributed by atoms with E-state index >= 15 is 0 Å². The Bertz CT molecular complexity index is 379. The molecule has 0 radical (unpaired) electrons. The molecular weight excluding hydrogens is 256 g/mol. The molecule has 1 rings (SSSR count). The molecule has 1 N–H and O–H groups in total. The van der Waals surface area contributed by atoms with E-state index in [0.29, 0.717) is 18.0 Å². The van der Waals surface area contributed by atoms with Crippen LogP contribution in [0.2, 0.25) is 5.02 Å². The van der Waals surface area contributed by atoms with Gasteiger partial charge in [-0.2, -0.15) is 0 Å². The maximum absolute atomic E-state index is 6.09. The molecular formula is C16H27ClN2. The van der Waals surface area contributed by atoms with Gasteiger partial charge in [-0.15, -0.1) is 0 Å². The van der Waals surface area contributed by atoms with Crippen molar-refractivity contribution in [2.75, 3.05) is 20.1 Å². The van der Waals surface area contributed by atoms with Crippen molar-refractivity contribution in [3.8, 4) is 0 Å². The van der Waals surface area contributed by atoms with Crippen molar-refractivity contribution in [1.82, 2.24) is 10.2 Å². The quantitative estimate of drug-likeness (QED) is 0.814. The van der Waals surface area contributed by atoms with E-state index in [0.717, 1.165) is 18.1 Å². The van der Waals surface area contributed by atoms with Crippen LogP contribution in [0.15, 0.2) is 24.3 Å². The minimum absolute atomic E-state index is 0.366. The Morgan fingerprint density at radius 3 is 2.47 bits per heavy atom. The van der Waals surface area contributed by atoms with Gasteiger partial charge in [0, 0.05) is 23.7 Å². The number of hydrogen-bond donors (Lipinski definition) is 1. The van der Waals surface area contributed by atoms with Crippen LogP contribution in [0.5, 0.6) is 0 Å². The van der Waals surface area contributed by atoms with Crippen LogP contribution in [0.4, 0.5) is 0 Å². The fraction of sp³-hybridized carbons (Fsp3) is 0.625. The lowest BCUT2D eigenvalue weighted by atomic mass is 9.98. The van der Waals surface area contributed by atoms with Gasteiger partial charge in [0.05, 0.1) is 0 Å². The molecule has 3 heteroatoms. The van der Waals surface area contributed by atoms with Gasteiger partial charge in [-0.3, -0.25) is 4.90 Å². The summed E-state index contributed by atoms with van der Waals surface area (Å²) in [6.07, 6.45) is 0. The summed E-state index contributed by atoms with van der Waals surface area (Å²) in [6.45, 7) is 11.0. The van der Waals surface area contributed by atoms with Crippen molar-refractivity contribution in [2.24, 2.45) is 5.92 Å². The maximum Gasteiger partial charge on any atom is 0.0409 e. The fourth-order valence-electron chi connectivity index (χ4n) is 2.43. The van der Waals surface area contributed by atoms with Crippen LogP contribution in [0.1, 0.15) is 39.3 Å². The first-order valence-corrected chi connectivity index (χ1v) is 7.53. The van der Waals surface area contributed by atoms with Crippen LogP contribution in [0, 0.1) is 5.92 Å². The zero-order valence-electron chi connectivity index (χ0n) is 12.8. The summed E-state index contributed by atoms with van der Waals surface area (Å²) in [5.74, 6) is 0.616. The van der Waals surface area contributed by atoms with E-state index in [1.807, 2.05) is 12.1 Å². The van der Waals surface area contributed by atoms with E-state index in [9.17, 15) is 0 Å². The molecule has 0 aromatic heterocycles. The van der Waals surface area contributed by atoms with Gasteiger partial charge >= 0.3 is 0 Å². The summed E-state index contributed by atoms with van der Waals surface area (Å²) in [4.78, 5) is 2.44. The van der Waals surface area contributed by atoms with E-state index in [2.05, 4.69) is 57.1 Å². The van der Waals surface area contributed by atoms with Crippen molar-refractivity contribution < 1.29 is 0 Å². The molecule has 2 atom stereocenters. The summed E-state index contributed by atoms with van der Waals surface area (Å²) in [6, 6.07) is 9.05. The number of likely N-dealkylation sites (N-methyl/N-ethyl adjacent to an activating group) is 2.